The number of piperazine rings is 1. The fourth-order valence-electron chi connectivity index (χ4n) is 4.48. The lowest BCUT2D eigenvalue weighted by molar-refractivity contribution is 0.102. The molecule has 1 amide bonds. The van der Waals surface area contributed by atoms with E-state index in [1.807, 2.05) is 78.9 Å². The number of amides is 1. The van der Waals surface area contributed by atoms with Gasteiger partial charge in [-0.05, 0) is 46.7 Å². The van der Waals surface area contributed by atoms with E-state index in [0.29, 0.717) is 16.3 Å². The first kappa shape index (κ1) is 22.7. The minimum Gasteiger partial charge on any atom is -0.368 e. The molecule has 5 rings (SSSR count). The predicted octanol–water partition coefficient (Wildman–Crippen LogP) is 6.72. The topological polar surface area (TPSA) is 35.6 Å². The molecule has 1 aliphatic heterocycles. The van der Waals surface area contributed by atoms with E-state index in [1.54, 1.807) is 0 Å². The maximum Gasteiger partial charge on any atom is 0.256 e. The Morgan fingerprint density at radius 2 is 1.53 bits per heavy atom. The minimum atomic E-state index is -0.145. The molecule has 0 aromatic heterocycles. The monoisotopic (exact) mass is 489 g/mol. The van der Waals surface area contributed by atoms with E-state index in [4.69, 9.17) is 23.2 Å². The molecular formula is C28H25Cl2N3O. The lowest BCUT2D eigenvalue weighted by atomic mass is 10.0. The van der Waals surface area contributed by atoms with Crippen LogP contribution in [0.1, 0.15) is 15.9 Å². The number of nitrogens with one attached hydrogen (secondary N) is 1. The number of carbonyl (C=O) groups is 1. The summed E-state index contributed by atoms with van der Waals surface area (Å²) in [6.45, 7) is 4.47. The van der Waals surface area contributed by atoms with Gasteiger partial charge in [-0.25, -0.2) is 0 Å². The number of anilines is 2. The summed E-state index contributed by atoms with van der Waals surface area (Å²) in [4.78, 5) is 17.7. The van der Waals surface area contributed by atoms with Crippen molar-refractivity contribution in [2.45, 2.75) is 6.54 Å². The molecule has 0 bridgehead atoms. The van der Waals surface area contributed by atoms with E-state index in [1.165, 1.54) is 0 Å². The smallest absolute Gasteiger partial charge is 0.256 e. The van der Waals surface area contributed by atoms with Gasteiger partial charge in [-0.2, -0.15) is 0 Å². The van der Waals surface area contributed by atoms with Gasteiger partial charge >= 0.3 is 0 Å². The molecule has 0 aliphatic carbocycles. The Kier molecular flexibility index (Phi) is 6.73. The van der Waals surface area contributed by atoms with Gasteiger partial charge in [-0.15, -0.1) is 0 Å². The Balaban J connectivity index is 1.24. The van der Waals surface area contributed by atoms with Crippen LogP contribution in [0.15, 0.2) is 84.9 Å². The van der Waals surface area contributed by atoms with E-state index < -0.39 is 0 Å². The first-order valence-corrected chi connectivity index (χ1v) is 12.1. The third-order valence-corrected chi connectivity index (χ3v) is 6.98. The van der Waals surface area contributed by atoms with Crippen molar-refractivity contribution in [1.82, 2.24) is 4.90 Å². The first-order valence-electron chi connectivity index (χ1n) is 11.4. The highest BCUT2D eigenvalue weighted by atomic mass is 35.5. The number of rotatable bonds is 5. The van der Waals surface area contributed by atoms with Crippen LogP contribution in [0.5, 0.6) is 0 Å². The maximum absolute atomic E-state index is 13.0. The van der Waals surface area contributed by atoms with Crippen LogP contribution in [-0.4, -0.2) is 37.0 Å². The number of hydrogen-bond acceptors (Lipinski definition) is 3. The van der Waals surface area contributed by atoms with Gasteiger partial charge in [0.25, 0.3) is 5.91 Å². The lowest BCUT2D eigenvalue weighted by Gasteiger charge is -2.36. The fourth-order valence-corrected chi connectivity index (χ4v) is 4.97. The molecule has 0 radical (unpaired) electrons. The van der Waals surface area contributed by atoms with Gasteiger partial charge in [0.1, 0.15) is 0 Å². The van der Waals surface area contributed by atoms with Gasteiger partial charge in [0.15, 0.2) is 0 Å². The van der Waals surface area contributed by atoms with Crippen molar-refractivity contribution in [3.63, 3.8) is 0 Å². The SMILES string of the molecule is O=C(Nc1ccc(N2CCN(Cc3ccccc3Cl)CC2)c(Cl)c1)c1cccc2ccccc12. The van der Waals surface area contributed by atoms with Crippen molar-refractivity contribution in [2.24, 2.45) is 0 Å². The first-order chi connectivity index (χ1) is 16.6. The molecule has 34 heavy (non-hydrogen) atoms. The molecule has 172 valence electrons. The summed E-state index contributed by atoms with van der Waals surface area (Å²) in [6.07, 6.45) is 0. The summed E-state index contributed by atoms with van der Waals surface area (Å²) in [5.74, 6) is -0.145. The lowest BCUT2D eigenvalue weighted by Crippen LogP contribution is -2.46. The van der Waals surface area contributed by atoms with Crippen LogP contribution in [0.4, 0.5) is 11.4 Å². The standard InChI is InChI=1S/C28H25Cl2N3O/c29-25-11-4-2-7-21(25)19-32-14-16-33(17-15-32)27-13-12-22(18-26(27)30)31-28(34)24-10-5-8-20-6-1-3-9-23(20)24/h1-13,18H,14-17,19H2,(H,31,34). The zero-order valence-corrected chi connectivity index (χ0v) is 20.2. The fraction of sp³-hybridized carbons (Fsp3) is 0.179. The number of nitrogens with zero attached hydrogens (tertiary/aromatic N) is 2. The van der Waals surface area contributed by atoms with Crippen LogP contribution < -0.4 is 10.2 Å². The van der Waals surface area contributed by atoms with Crippen LogP contribution in [-0.2, 0) is 6.54 Å². The van der Waals surface area contributed by atoms with Gasteiger partial charge in [-0.1, -0.05) is 77.8 Å². The Morgan fingerprint density at radius 3 is 2.32 bits per heavy atom. The average Bonchev–Trinajstić information content (AvgIpc) is 2.86. The maximum atomic E-state index is 13.0. The van der Waals surface area contributed by atoms with E-state index >= 15 is 0 Å². The number of hydrogen-bond donors (Lipinski definition) is 1. The molecule has 6 heteroatoms. The molecule has 1 heterocycles. The number of benzene rings is 4. The molecule has 4 aromatic rings. The second-order valence-electron chi connectivity index (χ2n) is 8.50. The normalized spacial score (nSPS) is 14.4. The number of halogens is 2. The molecule has 0 saturated carbocycles. The zero-order valence-electron chi connectivity index (χ0n) is 18.7. The molecule has 4 aromatic carbocycles. The molecule has 0 spiro atoms. The van der Waals surface area contributed by atoms with Crippen LogP contribution in [0.2, 0.25) is 10.0 Å². The molecule has 0 unspecified atom stereocenters. The second kappa shape index (κ2) is 10.1. The van der Waals surface area contributed by atoms with Crippen molar-refractivity contribution in [3.8, 4) is 0 Å². The minimum absolute atomic E-state index is 0.145. The summed E-state index contributed by atoms with van der Waals surface area (Å²) in [7, 11) is 0. The third-order valence-electron chi connectivity index (χ3n) is 6.30. The highest BCUT2D eigenvalue weighted by molar-refractivity contribution is 6.33. The van der Waals surface area contributed by atoms with Crippen LogP contribution in [0.3, 0.4) is 0 Å². The number of carbonyl (C=O) groups excluding carboxylic acids is 1. The summed E-state index contributed by atoms with van der Waals surface area (Å²) in [5.41, 5.74) is 3.47. The quantitative estimate of drug-likeness (QED) is 0.337. The van der Waals surface area contributed by atoms with E-state index in [-0.39, 0.29) is 5.91 Å². The van der Waals surface area contributed by atoms with Crippen molar-refractivity contribution in [3.05, 3.63) is 106 Å². The Hall–Kier alpha value is -3.05. The van der Waals surface area contributed by atoms with Crippen LogP contribution in [0, 0.1) is 0 Å². The Labute approximate surface area is 209 Å². The predicted molar refractivity (Wildman–Crippen MR) is 142 cm³/mol. The molecule has 1 N–H and O–H groups in total. The summed E-state index contributed by atoms with van der Waals surface area (Å²) in [5, 5.41) is 6.42. The van der Waals surface area contributed by atoms with Crippen molar-refractivity contribution >= 4 is 51.3 Å². The van der Waals surface area contributed by atoms with E-state index in [0.717, 1.165) is 59.8 Å². The average molecular weight is 490 g/mol. The van der Waals surface area contributed by atoms with Gasteiger partial charge in [0.2, 0.25) is 0 Å². The molecular weight excluding hydrogens is 465 g/mol. The molecule has 1 saturated heterocycles. The molecule has 0 atom stereocenters. The Bertz CT molecular complexity index is 1330. The van der Waals surface area contributed by atoms with Gasteiger partial charge < -0.3 is 10.2 Å². The largest absolute Gasteiger partial charge is 0.368 e. The van der Waals surface area contributed by atoms with E-state index in [2.05, 4.69) is 21.2 Å². The number of fused-ring (bicyclic) bond motifs is 1. The van der Waals surface area contributed by atoms with Gasteiger partial charge in [0.05, 0.1) is 10.7 Å². The van der Waals surface area contributed by atoms with Gasteiger partial charge in [-0.3, -0.25) is 9.69 Å². The van der Waals surface area contributed by atoms with Crippen molar-refractivity contribution in [1.29, 1.82) is 0 Å². The Morgan fingerprint density at radius 1 is 0.794 bits per heavy atom. The highest BCUT2D eigenvalue weighted by Crippen LogP contribution is 2.30. The molecule has 4 nitrogen and oxygen atoms in total. The van der Waals surface area contributed by atoms with Crippen LogP contribution in [0.25, 0.3) is 10.8 Å². The summed E-state index contributed by atoms with van der Waals surface area (Å²) < 4.78 is 0. The summed E-state index contributed by atoms with van der Waals surface area (Å²) in [6, 6.07) is 27.4. The van der Waals surface area contributed by atoms with Crippen molar-refractivity contribution in [2.75, 3.05) is 36.4 Å². The highest BCUT2D eigenvalue weighted by Gasteiger charge is 2.20. The van der Waals surface area contributed by atoms with E-state index in [9.17, 15) is 4.79 Å². The zero-order chi connectivity index (χ0) is 23.5. The second-order valence-corrected chi connectivity index (χ2v) is 9.32. The summed E-state index contributed by atoms with van der Waals surface area (Å²) >= 11 is 13.0. The van der Waals surface area contributed by atoms with Crippen LogP contribution >= 0.6 is 23.2 Å². The molecule has 1 fully saturated rings. The van der Waals surface area contributed by atoms with Crippen molar-refractivity contribution < 1.29 is 4.79 Å². The molecule has 1 aliphatic rings. The third kappa shape index (κ3) is 4.90. The van der Waals surface area contributed by atoms with Gasteiger partial charge in [0, 0.05) is 49.0 Å².